The van der Waals surface area contributed by atoms with Crippen LogP contribution >= 0.6 is 23.2 Å². The maximum atomic E-state index is 6.06. The van der Waals surface area contributed by atoms with Crippen LogP contribution in [0, 0.1) is 0 Å². The topological polar surface area (TPSA) is 38.9 Å². The van der Waals surface area contributed by atoms with Gasteiger partial charge in [0.2, 0.25) is 5.28 Å². The van der Waals surface area contributed by atoms with E-state index < -0.39 is 0 Å². The number of hydrogen-bond acceptors (Lipinski definition) is 3. The number of rotatable bonds is 1. The molecule has 4 rings (SSSR count). The molecule has 5 heteroatoms. The van der Waals surface area contributed by atoms with Gasteiger partial charge in [-0.25, -0.2) is 9.97 Å². The lowest BCUT2D eigenvalue weighted by Crippen LogP contribution is -1.83. The zero-order chi connectivity index (χ0) is 14.4. The molecule has 0 unspecified atom stereocenters. The summed E-state index contributed by atoms with van der Waals surface area (Å²) >= 11 is 11.9. The molecule has 4 aromatic rings. The minimum absolute atomic E-state index is 0.113. The first kappa shape index (κ1) is 12.6. The Balaban J connectivity index is 2.01. The van der Waals surface area contributed by atoms with Crippen LogP contribution in [0.4, 0.5) is 0 Å². The second-order valence-corrected chi connectivity index (χ2v) is 5.34. The first-order chi connectivity index (χ1) is 10.2. The normalized spacial score (nSPS) is 11.3. The van der Waals surface area contributed by atoms with E-state index in [1.54, 1.807) is 0 Å². The van der Waals surface area contributed by atoms with Gasteiger partial charge in [0.05, 0.1) is 0 Å². The van der Waals surface area contributed by atoms with E-state index in [1.807, 2.05) is 48.5 Å². The van der Waals surface area contributed by atoms with Crippen molar-refractivity contribution in [3.8, 4) is 11.1 Å². The van der Waals surface area contributed by atoms with E-state index in [0.29, 0.717) is 16.7 Å². The average Bonchev–Trinajstić information content (AvgIpc) is 2.86. The van der Waals surface area contributed by atoms with Crippen molar-refractivity contribution in [2.75, 3.05) is 0 Å². The lowest BCUT2D eigenvalue weighted by atomic mass is 10.0. The fourth-order valence-electron chi connectivity index (χ4n) is 2.39. The molecule has 0 radical (unpaired) electrons. The fraction of sp³-hybridized carbons (Fsp3) is 0. The molecule has 0 saturated carbocycles. The molecule has 2 heterocycles. The van der Waals surface area contributed by atoms with Crippen LogP contribution < -0.4 is 0 Å². The summed E-state index contributed by atoms with van der Waals surface area (Å²) in [7, 11) is 0. The average molecular weight is 315 g/mol. The SMILES string of the molecule is Clc1nc(Cl)c2oc3cc(-c4ccccc4)ccc3c2n1. The Bertz CT molecular complexity index is 964. The molecule has 0 spiro atoms. The summed E-state index contributed by atoms with van der Waals surface area (Å²) in [6, 6.07) is 16.0. The number of halogens is 2. The standard InChI is InChI=1S/C16H8Cl2N2O/c17-15-14-13(19-16(18)20-15)11-7-6-10(8-12(11)21-14)9-4-2-1-3-5-9/h1-8H. The van der Waals surface area contributed by atoms with Crippen LogP contribution in [0.2, 0.25) is 10.4 Å². The highest BCUT2D eigenvalue weighted by Crippen LogP contribution is 2.34. The van der Waals surface area contributed by atoms with Crippen molar-refractivity contribution in [3.05, 3.63) is 59.0 Å². The van der Waals surface area contributed by atoms with E-state index in [9.17, 15) is 0 Å². The number of nitrogens with zero attached hydrogens (tertiary/aromatic N) is 2. The van der Waals surface area contributed by atoms with Gasteiger partial charge in [0, 0.05) is 5.39 Å². The largest absolute Gasteiger partial charge is 0.451 e. The van der Waals surface area contributed by atoms with Crippen molar-refractivity contribution in [1.29, 1.82) is 0 Å². The van der Waals surface area contributed by atoms with Crippen molar-refractivity contribution < 1.29 is 4.42 Å². The highest BCUT2D eigenvalue weighted by Gasteiger charge is 2.14. The predicted molar refractivity (Wildman–Crippen MR) is 84.8 cm³/mol. The molecule has 0 atom stereocenters. The van der Waals surface area contributed by atoms with E-state index in [-0.39, 0.29) is 10.4 Å². The van der Waals surface area contributed by atoms with E-state index in [1.165, 1.54) is 0 Å². The Morgan fingerprint density at radius 3 is 2.48 bits per heavy atom. The third-order valence-electron chi connectivity index (χ3n) is 3.35. The van der Waals surface area contributed by atoms with E-state index >= 15 is 0 Å². The molecule has 2 aromatic heterocycles. The van der Waals surface area contributed by atoms with Crippen LogP contribution in [0.3, 0.4) is 0 Å². The number of fused-ring (bicyclic) bond motifs is 3. The lowest BCUT2D eigenvalue weighted by Gasteiger charge is -2.00. The highest BCUT2D eigenvalue weighted by molar-refractivity contribution is 6.36. The molecule has 0 aliphatic carbocycles. The van der Waals surface area contributed by atoms with Crippen LogP contribution in [0.1, 0.15) is 0 Å². The van der Waals surface area contributed by atoms with Crippen LogP contribution in [0.15, 0.2) is 52.9 Å². The minimum Gasteiger partial charge on any atom is -0.451 e. The smallest absolute Gasteiger partial charge is 0.224 e. The second kappa shape index (κ2) is 4.72. The van der Waals surface area contributed by atoms with Crippen LogP contribution in [-0.4, -0.2) is 9.97 Å². The maximum absolute atomic E-state index is 6.06. The number of furan rings is 1. The molecule has 0 aliphatic heterocycles. The first-order valence-electron chi connectivity index (χ1n) is 6.33. The minimum atomic E-state index is 0.113. The van der Waals surface area contributed by atoms with Crippen LogP contribution in [0.25, 0.3) is 33.2 Å². The quantitative estimate of drug-likeness (QED) is 0.351. The van der Waals surface area contributed by atoms with Gasteiger partial charge in [-0.15, -0.1) is 0 Å². The van der Waals surface area contributed by atoms with Crippen molar-refractivity contribution in [3.63, 3.8) is 0 Å². The maximum Gasteiger partial charge on any atom is 0.224 e. The predicted octanol–water partition coefficient (Wildman–Crippen LogP) is 5.35. The fourth-order valence-corrected chi connectivity index (χ4v) is 2.81. The van der Waals surface area contributed by atoms with Crippen molar-refractivity contribution >= 4 is 45.3 Å². The monoisotopic (exact) mass is 314 g/mol. The second-order valence-electron chi connectivity index (χ2n) is 4.64. The van der Waals surface area contributed by atoms with Gasteiger partial charge in [-0.3, -0.25) is 0 Å². The third kappa shape index (κ3) is 2.06. The highest BCUT2D eigenvalue weighted by atomic mass is 35.5. The summed E-state index contributed by atoms with van der Waals surface area (Å²) in [5, 5.41) is 1.21. The molecule has 102 valence electrons. The number of aromatic nitrogens is 2. The molecular formula is C16H8Cl2N2O. The molecule has 0 bridgehead atoms. The molecule has 0 fully saturated rings. The van der Waals surface area contributed by atoms with Crippen molar-refractivity contribution in [1.82, 2.24) is 9.97 Å². The Kier molecular flexibility index (Phi) is 2.84. The van der Waals surface area contributed by atoms with Gasteiger partial charge >= 0.3 is 0 Å². The Morgan fingerprint density at radius 2 is 1.67 bits per heavy atom. The van der Waals surface area contributed by atoms with Gasteiger partial charge in [-0.05, 0) is 34.9 Å². The summed E-state index contributed by atoms with van der Waals surface area (Å²) in [6.45, 7) is 0. The summed E-state index contributed by atoms with van der Waals surface area (Å²) < 4.78 is 5.78. The number of hydrogen-bond donors (Lipinski definition) is 0. The molecule has 0 N–H and O–H groups in total. The lowest BCUT2D eigenvalue weighted by molar-refractivity contribution is 0.666. The van der Waals surface area contributed by atoms with Crippen molar-refractivity contribution in [2.24, 2.45) is 0 Å². The summed E-state index contributed by atoms with van der Waals surface area (Å²) in [5.74, 6) is 0. The van der Waals surface area contributed by atoms with Crippen molar-refractivity contribution in [2.45, 2.75) is 0 Å². The third-order valence-corrected chi connectivity index (χ3v) is 3.78. The molecule has 2 aromatic carbocycles. The van der Waals surface area contributed by atoms with Gasteiger partial charge < -0.3 is 4.42 Å². The van der Waals surface area contributed by atoms with Gasteiger partial charge in [0.25, 0.3) is 0 Å². The Hall–Kier alpha value is -2.10. The first-order valence-corrected chi connectivity index (χ1v) is 7.09. The number of benzene rings is 2. The molecule has 0 aliphatic rings. The molecule has 21 heavy (non-hydrogen) atoms. The molecule has 3 nitrogen and oxygen atoms in total. The van der Waals surface area contributed by atoms with E-state index in [2.05, 4.69) is 9.97 Å². The zero-order valence-corrected chi connectivity index (χ0v) is 12.2. The van der Waals surface area contributed by atoms with Crippen LogP contribution in [-0.2, 0) is 0 Å². The molecule has 0 saturated heterocycles. The van der Waals surface area contributed by atoms with Gasteiger partial charge in [-0.1, -0.05) is 48.0 Å². The molecular weight excluding hydrogens is 307 g/mol. The van der Waals surface area contributed by atoms with Gasteiger partial charge in [-0.2, -0.15) is 0 Å². The Morgan fingerprint density at radius 1 is 0.857 bits per heavy atom. The Labute approximate surface area is 130 Å². The van der Waals surface area contributed by atoms with E-state index in [0.717, 1.165) is 16.5 Å². The summed E-state index contributed by atoms with van der Waals surface area (Å²) in [4.78, 5) is 8.11. The summed E-state index contributed by atoms with van der Waals surface area (Å²) in [5.41, 5.74) is 3.99. The van der Waals surface area contributed by atoms with E-state index in [4.69, 9.17) is 27.6 Å². The zero-order valence-electron chi connectivity index (χ0n) is 10.7. The van der Waals surface area contributed by atoms with Gasteiger partial charge in [0.1, 0.15) is 11.1 Å². The van der Waals surface area contributed by atoms with Gasteiger partial charge in [0.15, 0.2) is 10.7 Å². The summed E-state index contributed by atoms with van der Waals surface area (Å²) in [6.07, 6.45) is 0. The van der Waals surface area contributed by atoms with Crippen LogP contribution in [0.5, 0.6) is 0 Å². The molecule has 0 amide bonds.